The van der Waals surface area contributed by atoms with Gasteiger partial charge in [0, 0.05) is 17.6 Å². The van der Waals surface area contributed by atoms with Gasteiger partial charge in [-0.05, 0) is 48.0 Å². The lowest BCUT2D eigenvalue weighted by molar-refractivity contribution is 0.0552. The van der Waals surface area contributed by atoms with E-state index < -0.39 is 0 Å². The van der Waals surface area contributed by atoms with Gasteiger partial charge in [0.25, 0.3) is 0 Å². The lowest BCUT2D eigenvalue weighted by Gasteiger charge is -2.28. The minimum atomic E-state index is -0.0492. The van der Waals surface area contributed by atoms with Gasteiger partial charge >= 0.3 is 0 Å². The van der Waals surface area contributed by atoms with Crippen molar-refractivity contribution in [3.63, 3.8) is 0 Å². The van der Waals surface area contributed by atoms with E-state index in [2.05, 4.69) is 58.2 Å². The zero-order valence-corrected chi connectivity index (χ0v) is 14.5. The molecule has 2 aromatic carbocycles. The van der Waals surface area contributed by atoms with Crippen LogP contribution in [0.25, 0.3) is 0 Å². The van der Waals surface area contributed by atoms with Crippen LogP contribution in [-0.2, 0) is 11.3 Å². The van der Waals surface area contributed by atoms with Gasteiger partial charge in [0.1, 0.15) is 11.9 Å². The predicted molar refractivity (Wildman–Crippen MR) is 91.3 cm³/mol. The number of methoxy groups -OCH3 is 1. The minimum Gasteiger partial charge on any atom is -0.497 e. The summed E-state index contributed by atoms with van der Waals surface area (Å²) in [6.07, 6.45) is -0.0492. The molecule has 0 amide bonds. The van der Waals surface area contributed by atoms with Gasteiger partial charge < -0.3 is 9.47 Å². The van der Waals surface area contributed by atoms with Crippen LogP contribution in [0.2, 0.25) is 0 Å². The van der Waals surface area contributed by atoms with Crippen LogP contribution in [0.3, 0.4) is 0 Å². The van der Waals surface area contributed by atoms with Gasteiger partial charge in [0.2, 0.25) is 0 Å². The molecule has 0 radical (unpaired) electrons. The van der Waals surface area contributed by atoms with Crippen molar-refractivity contribution in [2.24, 2.45) is 0 Å². The molecule has 0 saturated carbocycles. The molecule has 0 aliphatic carbocycles. The van der Waals surface area contributed by atoms with E-state index in [1.54, 1.807) is 7.11 Å². The first-order chi connectivity index (χ1) is 10.7. The molecule has 1 aliphatic heterocycles. The summed E-state index contributed by atoms with van der Waals surface area (Å²) in [6.45, 7) is 2.57. The Labute approximate surface area is 140 Å². The van der Waals surface area contributed by atoms with Gasteiger partial charge in [-0.15, -0.1) is 0 Å². The first-order valence-electron chi connectivity index (χ1n) is 7.40. The Bertz CT molecular complexity index is 659. The summed E-state index contributed by atoms with van der Waals surface area (Å²) < 4.78 is 12.6. The number of ether oxygens (including phenoxy) is 2. The van der Waals surface area contributed by atoms with Crippen molar-refractivity contribution in [3.05, 3.63) is 63.6 Å². The highest BCUT2D eigenvalue weighted by Gasteiger charge is 2.22. The molecular formula is C18H20BrNO2. The fourth-order valence-electron chi connectivity index (χ4n) is 2.83. The van der Waals surface area contributed by atoms with Crippen molar-refractivity contribution in [2.75, 3.05) is 27.3 Å². The molecule has 2 aromatic rings. The highest BCUT2D eigenvalue weighted by Crippen LogP contribution is 2.33. The molecule has 0 bridgehead atoms. The zero-order valence-electron chi connectivity index (χ0n) is 12.9. The molecule has 0 fully saturated rings. The molecule has 1 heterocycles. The maximum atomic E-state index is 6.19. The summed E-state index contributed by atoms with van der Waals surface area (Å²) in [5.74, 6) is 0.860. The van der Waals surface area contributed by atoms with Crippen LogP contribution in [0, 0.1) is 0 Å². The predicted octanol–water partition coefficient (Wildman–Crippen LogP) is 4.01. The number of hydrogen-bond acceptors (Lipinski definition) is 3. The fourth-order valence-corrected chi connectivity index (χ4v) is 3.24. The molecule has 3 nitrogen and oxygen atoms in total. The molecule has 3 rings (SSSR count). The summed E-state index contributed by atoms with van der Waals surface area (Å²) >= 11 is 3.58. The molecule has 0 spiro atoms. The number of halogens is 1. The second-order valence-corrected chi connectivity index (χ2v) is 6.52. The Morgan fingerprint density at radius 2 is 2.09 bits per heavy atom. The van der Waals surface area contributed by atoms with Gasteiger partial charge in [-0.1, -0.05) is 34.1 Å². The molecule has 116 valence electrons. The van der Waals surface area contributed by atoms with Crippen molar-refractivity contribution in [2.45, 2.75) is 12.6 Å². The van der Waals surface area contributed by atoms with Crippen LogP contribution in [0.4, 0.5) is 0 Å². The third kappa shape index (κ3) is 3.35. The van der Waals surface area contributed by atoms with Gasteiger partial charge in [0.15, 0.2) is 0 Å². The van der Waals surface area contributed by atoms with Crippen LogP contribution in [0.1, 0.15) is 22.8 Å². The molecule has 0 N–H and O–H groups in total. The molecule has 1 atom stereocenters. The van der Waals surface area contributed by atoms with Crippen molar-refractivity contribution in [1.82, 2.24) is 4.90 Å². The third-order valence-electron chi connectivity index (χ3n) is 3.98. The Balaban J connectivity index is 2.05. The zero-order chi connectivity index (χ0) is 15.5. The first kappa shape index (κ1) is 15.5. The number of hydrogen-bond donors (Lipinski definition) is 0. The van der Waals surface area contributed by atoms with Crippen LogP contribution >= 0.6 is 15.9 Å². The summed E-state index contributed by atoms with van der Waals surface area (Å²) in [7, 11) is 3.82. The minimum absolute atomic E-state index is 0.0492. The average Bonchev–Trinajstić information content (AvgIpc) is 2.51. The Kier molecular flexibility index (Phi) is 4.81. The molecular weight excluding hydrogens is 342 g/mol. The number of likely N-dealkylation sites (N-methyl/N-ethyl adjacent to an activating group) is 1. The van der Waals surface area contributed by atoms with Crippen molar-refractivity contribution in [3.8, 4) is 5.75 Å². The standard InChI is InChI=1S/C18H20BrNO2/c1-20-8-9-22-18(13-4-3-5-16(11-13)21-2)17-7-6-15(19)10-14(17)12-20/h3-7,10-11,18H,8-9,12H2,1-2H3. The second kappa shape index (κ2) is 6.82. The molecule has 1 aliphatic rings. The highest BCUT2D eigenvalue weighted by molar-refractivity contribution is 9.10. The number of nitrogens with zero attached hydrogens (tertiary/aromatic N) is 1. The van der Waals surface area contributed by atoms with Crippen LogP contribution in [0.15, 0.2) is 46.9 Å². The fraction of sp³-hybridized carbons (Fsp3) is 0.333. The monoisotopic (exact) mass is 361 g/mol. The first-order valence-corrected chi connectivity index (χ1v) is 8.19. The van der Waals surface area contributed by atoms with E-state index in [1.165, 1.54) is 11.1 Å². The number of benzene rings is 2. The highest BCUT2D eigenvalue weighted by atomic mass is 79.9. The molecule has 22 heavy (non-hydrogen) atoms. The van der Waals surface area contributed by atoms with Gasteiger partial charge in [-0.3, -0.25) is 4.90 Å². The number of rotatable bonds is 2. The molecule has 4 heteroatoms. The topological polar surface area (TPSA) is 21.7 Å². The van der Waals surface area contributed by atoms with Crippen molar-refractivity contribution < 1.29 is 9.47 Å². The summed E-state index contributed by atoms with van der Waals surface area (Å²) in [5, 5.41) is 0. The van der Waals surface area contributed by atoms with E-state index in [1.807, 2.05) is 12.1 Å². The molecule has 0 aromatic heterocycles. The summed E-state index contributed by atoms with van der Waals surface area (Å²) in [6, 6.07) is 14.6. The second-order valence-electron chi connectivity index (χ2n) is 5.61. The largest absolute Gasteiger partial charge is 0.497 e. The van der Waals surface area contributed by atoms with Crippen LogP contribution in [-0.4, -0.2) is 32.2 Å². The number of fused-ring (bicyclic) bond motifs is 1. The Morgan fingerprint density at radius 1 is 1.23 bits per heavy atom. The normalized spacial score (nSPS) is 19.1. The van der Waals surface area contributed by atoms with E-state index in [0.29, 0.717) is 6.61 Å². The van der Waals surface area contributed by atoms with E-state index in [-0.39, 0.29) is 6.10 Å². The SMILES string of the molecule is COc1cccc(C2OCCN(C)Cc3cc(Br)ccc32)c1. The van der Waals surface area contributed by atoms with Crippen molar-refractivity contribution >= 4 is 15.9 Å². The van der Waals surface area contributed by atoms with Gasteiger partial charge in [0.05, 0.1) is 13.7 Å². The lowest BCUT2D eigenvalue weighted by atomic mass is 9.95. The Hall–Kier alpha value is -1.36. The quantitative estimate of drug-likeness (QED) is 0.806. The van der Waals surface area contributed by atoms with E-state index in [0.717, 1.165) is 28.9 Å². The van der Waals surface area contributed by atoms with E-state index >= 15 is 0 Å². The maximum absolute atomic E-state index is 6.19. The van der Waals surface area contributed by atoms with Gasteiger partial charge in [-0.25, -0.2) is 0 Å². The Morgan fingerprint density at radius 3 is 2.91 bits per heavy atom. The smallest absolute Gasteiger partial charge is 0.119 e. The summed E-state index contributed by atoms with van der Waals surface area (Å²) in [5.41, 5.74) is 3.65. The van der Waals surface area contributed by atoms with E-state index in [4.69, 9.17) is 9.47 Å². The molecule has 1 unspecified atom stereocenters. The van der Waals surface area contributed by atoms with E-state index in [9.17, 15) is 0 Å². The lowest BCUT2D eigenvalue weighted by Crippen LogP contribution is -2.27. The maximum Gasteiger partial charge on any atom is 0.119 e. The van der Waals surface area contributed by atoms with Crippen LogP contribution < -0.4 is 4.74 Å². The molecule has 0 saturated heterocycles. The average molecular weight is 362 g/mol. The summed E-state index contributed by atoms with van der Waals surface area (Å²) in [4.78, 5) is 2.28. The van der Waals surface area contributed by atoms with Gasteiger partial charge in [-0.2, -0.15) is 0 Å². The van der Waals surface area contributed by atoms with Crippen LogP contribution in [0.5, 0.6) is 5.75 Å². The third-order valence-corrected chi connectivity index (χ3v) is 4.48. The van der Waals surface area contributed by atoms with Crippen molar-refractivity contribution in [1.29, 1.82) is 0 Å².